The minimum atomic E-state index is -3.29. The molecular formula is C18H28IN5O3S. The summed E-state index contributed by atoms with van der Waals surface area (Å²) in [6.07, 6.45) is 0. The van der Waals surface area contributed by atoms with Crippen molar-refractivity contribution in [3.8, 4) is 0 Å². The predicted molar refractivity (Wildman–Crippen MR) is 121 cm³/mol. The van der Waals surface area contributed by atoms with Crippen LogP contribution in [0, 0.1) is 0 Å². The van der Waals surface area contributed by atoms with Gasteiger partial charge in [0.15, 0.2) is 11.7 Å². The lowest BCUT2D eigenvalue weighted by atomic mass is 10.1. The van der Waals surface area contributed by atoms with Gasteiger partial charge < -0.3 is 15.2 Å². The van der Waals surface area contributed by atoms with Gasteiger partial charge in [0.25, 0.3) is 0 Å². The first-order valence-electron chi connectivity index (χ1n) is 8.72. The molecule has 0 spiro atoms. The topological polar surface area (TPSA) is 109 Å². The highest BCUT2D eigenvalue weighted by Gasteiger charge is 2.10. The number of rotatable bonds is 8. The van der Waals surface area contributed by atoms with Crippen molar-refractivity contribution >= 4 is 40.0 Å². The van der Waals surface area contributed by atoms with E-state index < -0.39 is 10.0 Å². The van der Waals surface area contributed by atoms with Gasteiger partial charge in [-0.1, -0.05) is 43.3 Å². The Bertz CT molecular complexity index is 881. The molecule has 0 bridgehead atoms. The zero-order valence-electron chi connectivity index (χ0n) is 16.5. The number of sulfonamides is 1. The van der Waals surface area contributed by atoms with E-state index >= 15 is 0 Å². The largest absolute Gasteiger partial charge is 0.359 e. The van der Waals surface area contributed by atoms with Crippen LogP contribution in [0.5, 0.6) is 0 Å². The zero-order chi connectivity index (χ0) is 19.9. The van der Waals surface area contributed by atoms with Crippen molar-refractivity contribution in [3.05, 3.63) is 52.9 Å². The fourth-order valence-corrected chi connectivity index (χ4v) is 3.15. The van der Waals surface area contributed by atoms with Crippen molar-refractivity contribution in [3.63, 3.8) is 0 Å². The van der Waals surface area contributed by atoms with Gasteiger partial charge in [-0.3, -0.25) is 4.99 Å². The molecule has 0 fully saturated rings. The molecule has 0 amide bonds. The minimum Gasteiger partial charge on any atom is -0.359 e. The average Bonchev–Trinajstić information content (AvgIpc) is 3.11. The predicted octanol–water partition coefficient (Wildman–Crippen LogP) is 2.33. The molecule has 0 saturated carbocycles. The molecule has 0 aliphatic heterocycles. The van der Waals surface area contributed by atoms with E-state index in [0.717, 1.165) is 22.6 Å². The van der Waals surface area contributed by atoms with Crippen LogP contribution < -0.4 is 15.4 Å². The van der Waals surface area contributed by atoms with Crippen LogP contribution in [-0.2, 0) is 28.9 Å². The van der Waals surface area contributed by atoms with Crippen LogP contribution in [0.2, 0.25) is 0 Å². The number of hydrogen-bond donors (Lipinski definition) is 3. The van der Waals surface area contributed by atoms with Crippen molar-refractivity contribution in [2.24, 2.45) is 4.99 Å². The Labute approximate surface area is 183 Å². The molecule has 0 aliphatic rings. The van der Waals surface area contributed by atoms with Gasteiger partial charge in [-0.05, 0) is 24.1 Å². The van der Waals surface area contributed by atoms with Gasteiger partial charge in [0, 0.05) is 19.7 Å². The van der Waals surface area contributed by atoms with E-state index in [2.05, 4.69) is 39.4 Å². The van der Waals surface area contributed by atoms with E-state index in [1.54, 1.807) is 13.1 Å². The molecule has 8 nitrogen and oxygen atoms in total. The third-order valence-electron chi connectivity index (χ3n) is 3.94. The summed E-state index contributed by atoms with van der Waals surface area (Å²) < 4.78 is 31.0. The van der Waals surface area contributed by atoms with Gasteiger partial charge in [-0.2, -0.15) is 0 Å². The molecule has 0 atom stereocenters. The highest BCUT2D eigenvalue weighted by Crippen LogP contribution is 2.13. The second-order valence-corrected chi connectivity index (χ2v) is 8.36. The highest BCUT2D eigenvalue weighted by molar-refractivity contribution is 14.0. The van der Waals surface area contributed by atoms with Crippen LogP contribution in [0.4, 0.5) is 0 Å². The first kappa shape index (κ1) is 24.4. The molecule has 2 rings (SSSR count). The summed E-state index contributed by atoms with van der Waals surface area (Å²) in [5.74, 6) is 1.62. The van der Waals surface area contributed by atoms with Crippen LogP contribution in [0.1, 0.15) is 42.3 Å². The SMILES string of the molecule is CN=C(NCc1cccc(CS(=O)(=O)NC)c1)NCc1cc(C(C)C)no1.I. The Morgan fingerprint density at radius 1 is 1.18 bits per heavy atom. The third kappa shape index (κ3) is 7.76. The first-order valence-corrected chi connectivity index (χ1v) is 10.4. The number of aliphatic imine (C=N–C) groups is 1. The average molecular weight is 521 g/mol. The summed E-state index contributed by atoms with van der Waals surface area (Å²) in [5.41, 5.74) is 2.61. The molecule has 1 heterocycles. The van der Waals surface area contributed by atoms with E-state index in [0.29, 0.717) is 25.0 Å². The molecule has 28 heavy (non-hydrogen) atoms. The second kappa shape index (κ2) is 11.4. The Balaban J connectivity index is 0.00000392. The number of benzene rings is 1. The summed E-state index contributed by atoms with van der Waals surface area (Å²) in [6, 6.07) is 9.36. The van der Waals surface area contributed by atoms with E-state index in [1.165, 1.54) is 7.05 Å². The Morgan fingerprint density at radius 2 is 1.86 bits per heavy atom. The van der Waals surface area contributed by atoms with Crippen LogP contribution >= 0.6 is 24.0 Å². The van der Waals surface area contributed by atoms with Gasteiger partial charge >= 0.3 is 0 Å². The molecule has 0 radical (unpaired) electrons. The standard InChI is InChI=1S/C18H27N5O3S.HI/c1-13(2)17-9-16(26-23-17)11-22-18(19-3)21-10-14-6-5-7-15(8-14)12-27(24,25)20-4;/h5-9,13,20H,10-12H2,1-4H3,(H2,19,21,22);1H. The van der Waals surface area contributed by atoms with Gasteiger partial charge in [0.1, 0.15) is 0 Å². The van der Waals surface area contributed by atoms with E-state index in [1.807, 2.05) is 24.3 Å². The van der Waals surface area contributed by atoms with E-state index in [-0.39, 0.29) is 29.7 Å². The quantitative estimate of drug-likeness (QED) is 0.280. The fourth-order valence-electron chi connectivity index (χ4n) is 2.38. The number of hydrogen-bond acceptors (Lipinski definition) is 5. The molecule has 0 unspecified atom stereocenters. The van der Waals surface area contributed by atoms with E-state index in [4.69, 9.17) is 4.52 Å². The lowest BCUT2D eigenvalue weighted by Crippen LogP contribution is -2.36. The van der Waals surface area contributed by atoms with Crippen LogP contribution in [0.15, 0.2) is 39.8 Å². The molecule has 3 N–H and O–H groups in total. The Hall–Kier alpha value is -1.66. The summed E-state index contributed by atoms with van der Waals surface area (Å²) in [7, 11) is -0.194. The number of nitrogens with one attached hydrogen (secondary N) is 3. The maximum atomic E-state index is 11.7. The van der Waals surface area contributed by atoms with Crippen molar-refractivity contribution in [1.82, 2.24) is 20.5 Å². The molecule has 10 heteroatoms. The summed E-state index contributed by atoms with van der Waals surface area (Å²) in [4.78, 5) is 4.18. The summed E-state index contributed by atoms with van der Waals surface area (Å²) in [5, 5.41) is 10.4. The monoisotopic (exact) mass is 521 g/mol. The van der Waals surface area contributed by atoms with Crippen LogP contribution in [-0.4, -0.2) is 33.6 Å². The number of guanidine groups is 1. The Kier molecular flexibility index (Phi) is 9.90. The van der Waals surface area contributed by atoms with Crippen LogP contribution in [0.25, 0.3) is 0 Å². The molecule has 0 aliphatic carbocycles. The fraction of sp³-hybridized carbons (Fsp3) is 0.444. The first-order chi connectivity index (χ1) is 12.8. The summed E-state index contributed by atoms with van der Waals surface area (Å²) in [6.45, 7) is 5.11. The van der Waals surface area contributed by atoms with Gasteiger partial charge in [0.05, 0.1) is 18.0 Å². The van der Waals surface area contributed by atoms with Gasteiger partial charge in [0.2, 0.25) is 10.0 Å². The van der Waals surface area contributed by atoms with E-state index in [9.17, 15) is 8.42 Å². The zero-order valence-corrected chi connectivity index (χ0v) is 19.7. The van der Waals surface area contributed by atoms with Crippen molar-refractivity contribution < 1.29 is 12.9 Å². The summed E-state index contributed by atoms with van der Waals surface area (Å²) >= 11 is 0. The molecule has 2 aromatic rings. The molecule has 0 saturated heterocycles. The molecular weight excluding hydrogens is 493 g/mol. The third-order valence-corrected chi connectivity index (χ3v) is 5.28. The number of halogens is 1. The van der Waals surface area contributed by atoms with Crippen molar-refractivity contribution in [2.45, 2.75) is 38.6 Å². The lowest BCUT2D eigenvalue weighted by molar-refractivity contribution is 0.372. The van der Waals surface area contributed by atoms with Crippen molar-refractivity contribution in [2.75, 3.05) is 14.1 Å². The molecule has 156 valence electrons. The minimum absolute atomic E-state index is 0. The maximum Gasteiger partial charge on any atom is 0.215 e. The normalized spacial score (nSPS) is 12.0. The molecule has 1 aromatic carbocycles. The number of aromatic nitrogens is 1. The maximum absolute atomic E-state index is 11.7. The highest BCUT2D eigenvalue weighted by atomic mass is 127. The lowest BCUT2D eigenvalue weighted by Gasteiger charge is -2.11. The number of nitrogens with zero attached hydrogens (tertiary/aromatic N) is 2. The second-order valence-electron chi connectivity index (χ2n) is 6.44. The smallest absolute Gasteiger partial charge is 0.215 e. The van der Waals surface area contributed by atoms with Crippen LogP contribution in [0.3, 0.4) is 0 Å². The van der Waals surface area contributed by atoms with Gasteiger partial charge in [-0.15, -0.1) is 24.0 Å². The Morgan fingerprint density at radius 3 is 2.46 bits per heavy atom. The van der Waals surface area contributed by atoms with Crippen molar-refractivity contribution in [1.29, 1.82) is 0 Å². The molecule has 1 aromatic heterocycles. The van der Waals surface area contributed by atoms with Gasteiger partial charge in [-0.25, -0.2) is 13.1 Å².